The number of hydrogen-bond donors (Lipinski definition) is 3. The third-order valence-corrected chi connectivity index (χ3v) is 21.7. The van der Waals surface area contributed by atoms with Crippen LogP contribution in [0.2, 0.25) is 0 Å². The number of phosphoric ester groups is 2. The van der Waals surface area contributed by atoms with Gasteiger partial charge in [-0.1, -0.05) is 401 Å². The summed E-state index contributed by atoms with van der Waals surface area (Å²) in [5.41, 5.74) is 0. The van der Waals surface area contributed by atoms with Gasteiger partial charge < -0.3 is 33.8 Å². The first kappa shape index (κ1) is 101. The molecule has 0 aliphatic carbocycles. The standard InChI is InChI=1S/C84H164O17P2/c1-6-9-12-15-18-21-24-27-28-29-30-31-35-39-43-48-53-58-63-68-82(87)95-74-80(101-84(89)70-65-60-55-50-45-40-36-33-32-34-38-41-46-51-56-61-66-77(4)5)76-99-103(92,93)97-72-78(85)71-96-102(90,91)98-75-79(73-94-81(86)67-62-57-52-47-42-26-23-20-17-14-11-8-3)100-83(88)69-64-59-54-49-44-37-25-22-19-16-13-10-7-2/h77-80,85H,6-76H2,1-5H3,(H,90,91)(H,92,93)/t78-,79+,80+/m0/s1. The monoisotopic (exact) mass is 1510 g/mol. The van der Waals surface area contributed by atoms with Crippen molar-refractivity contribution >= 4 is 39.5 Å². The quantitative estimate of drug-likeness (QED) is 0.0222. The Kier molecular flexibility index (Phi) is 75.4. The van der Waals surface area contributed by atoms with E-state index in [1.165, 1.54) is 276 Å². The van der Waals surface area contributed by atoms with Gasteiger partial charge in [-0.05, 0) is 31.6 Å². The van der Waals surface area contributed by atoms with E-state index in [1.54, 1.807) is 0 Å². The van der Waals surface area contributed by atoms with Crippen LogP contribution in [0.25, 0.3) is 0 Å². The van der Waals surface area contributed by atoms with Crippen LogP contribution in [-0.2, 0) is 65.4 Å². The van der Waals surface area contributed by atoms with Gasteiger partial charge in [0.15, 0.2) is 12.2 Å². The highest BCUT2D eigenvalue weighted by Crippen LogP contribution is 2.45. The van der Waals surface area contributed by atoms with Crippen molar-refractivity contribution in [1.29, 1.82) is 0 Å². The van der Waals surface area contributed by atoms with Gasteiger partial charge in [0, 0.05) is 25.7 Å². The molecule has 17 nitrogen and oxygen atoms in total. The SMILES string of the molecule is CCCCCCCCCCCCCCCCCCCCCC(=O)OC[C@H](COP(=O)(O)OC[C@@H](O)COP(=O)(O)OC[C@@H](COC(=O)CCCCCCCCCCCCCC)OC(=O)CCCCCCCCCCCCCCC)OC(=O)CCCCCCCCCCCCCCCCCCC(C)C. The lowest BCUT2D eigenvalue weighted by atomic mass is 10.0. The summed E-state index contributed by atoms with van der Waals surface area (Å²) in [6.07, 6.45) is 69.3. The normalized spacial score (nSPS) is 13.8. The van der Waals surface area contributed by atoms with Crippen molar-refractivity contribution in [2.24, 2.45) is 5.92 Å². The summed E-state index contributed by atoms with van der Waals surface area (Å²) in [5, 5.41) is 10.7. The minimum atomic E-state index is -4.96. The highest BCUT2D eigenvalue weighted by atomic mass is 31.2. The molecule has 0 aromatic carbocycles. The van der Waals surface area contributed by atoms with Crippen molar-refractivity contribution in [3.05, 3.63) is 0 Å². The van der Waals surface area contributed by atoms with Gasteiger partial charge in [-0.15, -0.1) is 0 Å². The number of aliphatic hydroxyl groups is 1. The van der Waals surface area contributed by atoms with Gasteiger partial charge in [-0.25, -0.2) is 9.13 Å². The van der Waals surface area contributed by atoms with Crippen LogP contribution < -0.4 is 0 Å². The van der Waals surface area contributed by atoms with Gasteiger partial charge in [-0.2, -0.15) is 0 Å². The second kappa shape index (κ2) is 76.8. The maximum Gasteiger partial charge on any atom is 0.472 e. The fourth-order valence-corrected chi connectivity index (χ4v) is 14.7. The average molecular weight is 1510 g/mol. The summed E-state index contributed by atoms with van der Waals surface area (Å²) in [4.78, 5) is 73.2. The molecule has 0 amide bonds. The molecule has 612 valence electrons. The van der Waals surface area contributed by atoms with Crippen LogP contribution in [-0.4, -0.2) is 96.7 Å². The van der Waals surface area contributed by atoms with E-state index in [-0.39, 0.29) is 25.7 Å². The smallest absolute Gasteiger partial charge is 0.462 e. The summed E-state index contributed by atoms with van der Waals surface area (Å²) in [5.74, 6) is -1.29. The summed E-state index contributed by atoms with van der Waals surface area (Å²) in [7, 11) is -9.92. The maximum absolute atomic E-state index is 13.1. The highest BCUT2D eigenvalue weighted by molar-refractivity contribution is 7.47. The molecule has 0 aliphatic rings. The molecule has 2 unspecified atom stereocenters. The van der Waals surface area contributed by atoms with Crippen molar-refractivity contribution < 1.29 is 80.2 Å². The lowest BCUT2D eigenvalue weighted by Gasteiger charge is -2.21. The van der Waals surface area contributed by atoms with Crippen molar-refractivity contribution in [2.45, 2.75) is 470 Å². The molecule has 5 atom stereocenters. The maximum atomic E-state index is 13.1. The molecule has 103 heavy (non-hydrogen) atoms. The number of phosphoric acid groups is 2. The predicted molar refractivity (Wildman–Crippen MR) is 423 cm³/mol. The Morgan fingerprint density at radius 3 is 0.660 bits per heavy atom. The highest BCUT2D eigenvalue weighted by Gasteiger charge is 2.30. The number of rotatable bonds is 84. The Morgan fingerprint density at radius 1 is 0.262 bits per heavy atom. The van der Waals surface area contributed by atoms with Gasteiger partial charge in [0.1, 0.15) is 19.3 Å². The van der Waals surface area contributed by atoms with Crippen molar-refractivity contribution in [3.8, 4) is 0 Å². The second-order valence-electron chi connectivity index (χ2n) is 30.7. The second-order valence-corrected chi connectivity index (χ2v) is 33.6. The molecule has 0 saturated heterocycles. The van der Waals surface area contributed by atoms with E-state index in [1.807, 2.05) is 0 Å². The van der Waals surface area contributed by atoms with Crippen molar-refractivity contribution in [3.63, 3.8) is 0 Å². The molecule has 0 aromatic rings. The van der Waals surface area contributed by atoms with Crippen LogP contribution in [0.3, 0.4) is 0 Å². The molecular weight excluding hydrogens is 1340 g/mol. The van der Waals surface area contributed by atoms with E-state index in [9.17, 15) is 43.2 Å². The molecule has 0 heterocycles. The molecule has 0 spiro atoms. The minimum Gasteiger partial charge on any atom is -0.462 e. The lowest BCUT2D eigenvalue weighted by molar-refractivity contribution is -0.161. The molecule has 0 radical (unpaired) electrons. The number of ether oxygens (including phenoxy) is 4. The van der Waals surface area contributed by atoms with E-state index >= 15 is 0 Å². The van der Waals surface area contributed by atoms with Gasteiger partial charge in [0.05, 0.1) is 26.4 Å². The van der Waals surface area contributed by atoms with E-state index < -0.39 is 97.5 Å². The molecule has 3 N–H and O–H groups in total. The number of aliphatic hydroxyl groups excluding tert-OH is 1. The number of hydrogen-bond acceptors (Lipinski definition) is 15. The fourth-order valence-electron chi connectivity index (χ4n) is 13.1. The third kappa shape index (κ3) is 78.0. The Balaban J connectivity index is 5.24. The third-order valence-electron chi connectivity index (χ3n) is 19.8. The van der Waals surface area contributed by atoms with Crippen LogP contribution in [0, 0.1) is 5.92 Å². The summed E-state index contributed by atoms with van der Waals surface area (Å²) in [6, 6.07) is 0. The Labute approximate surface area is 632 Å². The van der Waals surface area contributed by atoms with Gasteiger partial charge in [0.2, 0.25) is 0 Å². The van der Waals surface area contributed by atoms with Crippen molar-refractivity contribution in [2.75, 3.05) is 39.6 Å². The van der Waals surface area contributed by atoms with Crippen LogP contribution in [0.1, 0.15) is 452 Å². The molecule has 0 rings (SSSR count). The Hall–Kier alpha value is -1.94. The topological polar surface area (TPSA) is 237 Å². The Bertz CT molecular complexity index is 1960. The molecular formula is C84H164O17P2. The number of carbonyl (C=O) groups is 4. The largest absolute Gasteiger partial charge is 0.472 e. The van der Waals surface area contributed by atoms with Gasteiger partial charge >= 0.3 is 39.5 Å². The van der Waals surface area contributed by atoms with Crippen LogP contribution in [0.15, 0.2) is 0 Å². The van der Waals surface area contributed by atoms with Gasteiger partial charge in [-0.3, -0.25) is 37.3 Å². The molecule has 0 saturated carbocycles. The van der Waals surface area contributed by atoms with E-state index in [0.29, 0.717) is 25.7 Å². The molecule has 0 aromatic heterocycles. The molecule has 0 fully saturated rings. The lowest BCUT2D eigenvalue weighted by Crippen LogP contribution is -2.30. The van der Waals surface area contributed by atoms with E-state index in [2.05, 4.69) is 34.6 Å². The molecule has 19 heteroatoms. The summed E-state index contributed by atoms with van der Waals surface area (Å²) < 4.78 is 68.8. The number of esters is 4. The Morgan fingerprint density at radius 2 is 0.447 bits per heavy atom. The first-order chi connectivity index (χ1) is 50.0. The van der Waals surface area contributed by atoms with E-state index in [0.717, 1.165) is 95.8 Å². The van der Waals surface area contributed by atoms with Crippen molar-refractivity contribution in [1.82, 2.24) is 0 Å². The number of unbranched alkanes of at least 4 members (excludes halogenated alkanes) is 56. The minimum absolute atomic E-state index is 0.108. The number of carbonyl (C=O) groups excluding carboxylic acids is 4. The van der Waals surface area contributed by atoms with Crippen LogP contribution >= 0.6 is 15.6 Å². The zero-order chi connectivity index (χ0) is 75.5. The fraction of sp³-hybridized carbons (Fsp3) is 0.952. The zero-order valence-corrected chi connectivity index (χ0v) is 69.3. The predicted octanol–water partition coefficient (Wildman–Crippen LogP) is 25.6. The van der Waals surface area contributed by atoms with Crippen LogP contribution in [0.4, 0.5) is 0 Å². The molecule has 0 bridgehead atoms. The van der Waals surface area contributed by atoms with Crippen LogP contribution in [0.5, 0.6) is 0 Å². The first-order valence-electron chi connectivity index (χ1n) is 43.6. The average Bonchev–Trinajstić information content (AvgIpc) is 0.930. The first-order valence-corrected chi connectivity index (χ1v) is 46.6. The zero-order valence-electron chi connectivity index (χ0n) is 67.5. The van der Waals surface area contributed by atoms with Gasteiger partial charge in [0.25, 0.3) is 0 Å². The summed E-state index contributed by atoms with van der Waals surface area (Å²) >= 11 is 0. The summed E-state index contributed by atoms with van der Waals surface area (Å²) in [6.45, 7) is 7.39. The molecule has 0 aliphatic heterocycles. The van der Waals surface area contributed by atoms with E-state index in [4.69, 9.17) is 37.0 Å².